The second-order valence-electron chi connectivity index (χ2n) is 8.00. The topological polar surface area (TPSA) is 92.7 Å². The lowest BCUT2D eigenvalue weighted by molar-refractivity contribution is -0.147. The van der Waals surface area contributed by atoms with Gasteiger partial charge in [0.2, 0.25) is 5.91 Å². The van der Waals surface area contributed by atoms with Crippen molar-refractivity contribution in [1.29, 1.82) is 0 Å². The number of ether oxygens (including phenoxy) is 1. The minimum Gasteiger partial charge on any atom is -0.481 e. The number of carbonyl (C=O) groups excluding carboxylic acids is 2. The van der Waals surface area contributed by atoms with Crippen molar-refractivity contribution in [2.24, 2.45) is 11.8 Å². The van der Waals surface area contributed by atoms with Crippen LogP contribution in [0.2, 0.25) is 0 Å². The lowest BCUT2D eigenvalue weighted by Crippen LogP contribution is -2.36. The highest BCUT2D eigenvalue weighted by atomic mass is 32.1. The van der Waals surface area contributed by atoms with Crippen LogP contribution < -0.4 is 5.32 Å². The van der Waals surface area contributed by atoms with E-state index in [1.807, 2.05) is 36.6 Å². The second-order valence-corrected chi connectivity index (χ2v) is 8.88. The van der Waals surface area contributed by atoms with Crippen molar-refractivity contribution in [3.8, 4) is 11.1 Å². The summed E-state index contributed by atoms with van der Waals surface area (Å²) in [7, 11) is 0. The molecule has 1 aliphatic rings. The maximum Gasteiger partial charge on any atom is 0.342 e. The first-order valence-electron chi connectivity index (χ1n) is 10.2. The average molecular weight is 430 g/mol. The Morgan fingerprint density at radius 2 is 1.73 bits per heavy atom. The van der Waals surface area contributed by atoms with Gasteiger partial charge in [0.1, 0.15) is 10.6 Å². The molecule has 1 aliphatic carbocycles. The van der Waals surface area contributed by atoms with Gasteiger partial charge >= 0.3 is 11.9 Å². The highest BCUT2D eigenvalue weighted by molar-refractivity contribution is 7.15. The summed E-state index contributed by atoms with van der Waals surface area (Å²) in [5.41, 5.74) is 2.97. The minimum atomic E-state index is -0.944. The minimum absolute atomic E-state index is 0.304. The lowest BCUT2D eigenvalue weighted by atomic mass is 9.79. The molecule has 0 bridgehead atoms. The number of amides is 1. The van der Waals surface area contributed by atoms with Crippen LogP contribution in [0.4, 0.5) is 5.00 Å². The fourth-order valence-electron chi connectivity index (χ4n) is 3.82. The summed E-state index contributed by atoms with van der Waals surface area (Å²) in [6.07, 6.45) is 2.35. The Hall–Kier alpha value is -2.67. The summed E-state index contributed by atoms with van der Waals surface area (Å²) in [6.45, 7) is 5.53. The van der Waals surface area contributed by atoms with Crippen molar-refractivity contribution in [3.05, 3.63) is 40.8 Å². The molecule has 1 aromatic heterocycles. The van der Waals surface area contributed by atoms with Gasteiger partial charge in [-0.25, -0.2) is 4.79 Å². The normalized spacial score (nSPS) is 18.8. The van der Waals surface area contributed by atoms with E-state index in [1.54, 1.807) is 13.8 Å². The molecule has 3 rings (SSSR count). The summed E-state index contributed by atoms with van der Waals surface area (Å²) in [6, 6.07) is 7.78. The van der Waals surface area contributed by atoms with Gasteiger partial charge in [0.15, 0.2) is 0 Å². The molecule has 2 atom stereocenters. The number of aliphatic carboxylic acids is 1. The van der Waals surface area contributed by atoms with Gasteiger partial charge in [0.25, 0.3) is 0 Å². The lowest BCUT2D eigenvalue weighted by Gasteiger charge is -2.27. The molecule has 1 amide bonds. The first-order valence-corrected chi connectivity index (χ1v) is 11.1. The van der Waals surface area contributed by atoms with Gasteiger partial charge in [-0.1, -0.05) is 42.7 Å². The number of hydrogen-bond donors (Lipinski definition) is 2. The second kappa shape index (κ2) is 9.43. The maximum absolute atomic E-state index is 12.9. The monoisotopic (exact) mass is 429 g/mol. The summed E-state index contributed by atoms with van der Waals surface area (Å²) >= 11 is 1.25. The summed E-state index contributed by atoms with van der Waals surface area (Å²) in [5.74, 6) is -3.09. The molecule has 0 aliphatic heterocycles. The van der Waals surface area contributed by atoms with Crippen LogP contribution >= 0.6 is 11.3 Å². The third kappa shape index (κ3) is 4.90. The zero-order valence-corrected chi connectivity index (χ0v) is 18.3. The Morgan fingerprint density at radius 3 is 2.33 bits per heavy atom. The molecule has 2 aromatic rings. The summed E-state index contributed by atoms with van der Waals surface area (Å²) in [4.78, 5) is 37.4. The molecule has 1 heterocycles. The quantitative estimate of drug-likeness (QED) is 0.622. The van der Waals surface area contributed by atoms with Gasteiger partial charge in [0.05, 0.1) is 17.9 Å². The highest BCUT2D eigenvalue weighted by Gasteiger charge is 2.36. The van der Waals surface area contributed by atoms with E-state index in [4.69, 9.17) is 4.74 Å². The number of rotatable bonds is 6. The van der Waals surface area contributed by atoms with Crippen molar-refractivity contribution in [2.45, 2.75) is 52.6 Å². The number of carbonyl (C=O) groups is 3. The van der Waals surface area contributed by atoms with Crippen LogP contribution in [-0.2, 0) is 14.3 Å². The number of esters is 1. The Balaban J connectivity index is 1.93. The van der Waals surface area contributed by atoms with E-state index in [0.717, 1.165) is 24.0 Å². The van der Waals surface area contributed by atoms with Crippen LogP contribution in [0.5, 0.6) is 0 Å². The summed E-state index contributed by atoms with van der Waals surface area (Å²) < 4.78 is 5.43. The van der Waals surface area contributed by atoms with Crippen LogP contribution in [-0.4, -0.2) is 29.1 Å². The van der Waals surface area contributed by atoms with Crippen molar-refractivity contribution < 1.29 is 24.2 Å². The number of anilines is 1. The smallest absolute Gasteiger partial charge is 0.342 e. The van der Waals surface area contributed by atoms with E-state index in [2.05, 4.69) is 5.32 Å². The molecular formula is C23H27NO5S. The standard InChI is InChI=1S/C23H27NO5S/c1-13(2)29-23(28)19-18(15-10-8-14(3)9-11-15)12-30-21(19)24-20(25)16-6-4-5-7-17(16)22(26)27/h8-13,16-17H,4-7H2,1-3H3,(H,24,25)(H,26,27)/t16-,17+/m0/s1. The van der Waals surface area contributed by atoms with Crippen LogP contribution in [0.1, 0.15) is 55.5 Å². The Kier molecular flexibility index (Phi) is 6.92. The van der Waals surface area contributed by atoms with Crippen molar-refractivity contribution in [3.63, 3.8) is 0 Å². The van der Waals surface area contributed by atoms with E-state index in [0.29, 0.717) is 29.0 Å². The Bertz CT molecular complexity index is 932. The molecule has 30 heavy (non-hydrogen) atoms. The van der Waals surface area contributed by atoms with Gasteiger partial charge in [-0.15, -0.1) is 11.3 Å². The Morgan fingerprint density at radius 1 is 1.10 bits per heavy atom. The number of thiophene rings is 1. The highest BCUT2D eigenvalue weighted by Crippen LogP contribution is 2.38. The van der Waals surface area contributed by atoms with Gasteiger partial charge < -0.3 is 15.2 Å². The number of aryl methyl sites for hydroxylation is 1. The van der Waals surface area contributed by atoms with E-state index >= 15 is 0 Å². The molecule has 0 unspecified atom stereocenters. The van der Waals surface area contributed by atoms with Crippen molar-refractivity contribution in [1.82, 2.24) is 0 Å². The third-order valence-electron chi connectivity index (χ3n) is 5.36. The van der Waals surface area contributed by atoms with Crippen molar-refractivity contribution >= 4 is 34.2 Å². The van der Waals surface area contributed by atoms with Crippen LogP contribution in [0.3, 0.4) is 0 Å². The zero-order valence-electron chi connectivity index (χ0n) is 17.4. The third-order valence-corrected chi connectivity index (χ3v) is 6.25. The number of benzene rings is 1. The van der Waals surface area contributed by atoms with E-state index in [-0.39, 0.29) is 12.0 Å². The number of carboxylic acid groups (broad SMARTS) is 1. The zero-order chi connectivity index (χ0) is 21.8. The molecule has 7 heteroatoms. The first-order chi connectivity index (χ1) is 14.3. The van der Waals surface area contributed by atoms with Gasteiger partial charge in [-0.05, 0) is 39.2 Å². The molecule has 1 fully saturated rings. The number of carboxylic acids is 1. The van der Waals surface area contributed by atoms with Gasteiger partial charge in [-0.3, -0.25) is 9.59 Å². The molecule has 160 valence electrons. The Labute approximate surface area is 180 Å². The molecule has 1 saturated carbocycles. The molecule has 6 nitrogen and oxygen atoms in total. The molecule has 0 spiro atoms. The van der Waals surface area contributed by atoms with Gasteiger partial charge in [-0.2, -0.15) is 0 Å². The van der Waals surface area contributed by atoms with E-state index in [1.165, 1.54) is 11.3 Å². The SMILES string of the molecule is Cc1ccc(-c2csc(NC(=O)[C@H]3CCCC[C@H]3C(=O)O)c2C(=O)OC(C)C)cc1. The largest absolute Gasteiger partial charge is 0.481 e. The average Bonchev–Trinajstić information content (AvgIpc) is 3.11. The predicted octanol–water partition coefficient (Wildman–Crippen LogP) is 5.12. The van der Waals surface area contributed by atoms with Crippen LogP contribution in [0, 0.1) is 18.8 Å². The first kappa shape index (κ1) is 22.0. The van der Waals surface area contributed by atoms with Crippen molar-refractivity contribution in [2.75, 3.05) is 5.32 Å². The molecular weight excluding hydrogens is 402 g/mol. The molecule has 0 radical (unpaired) electrons. The van der Waals surface area contributed by atoms with Gasteiger partial charge in [0, 0.05) is 10.9 Å². The fraction of sp³-hybridized carbons (Fsp3) is 0.435. The molecule has 2 N–H and O–H groups in total. The number of hydrogen-bond acceptors (Lipinski definition) is 5. The predicted molar refractivity (Wildman–Crippen MR) is 117 cm³/mol. The molecule has 0 saturated heterocycles. The maximum atomic E-state index is 12.9. The number of nitrogens with one attached hydrogen (secondary N) is 1. The van der Waals surface area contributed by atoms with E-state index < -0.39 is 23.8 Å². The summed E-state index contributed by atoms with van der Waals surface area (Å²) in [5, 5.41) is 14.6. The van der Waals surface area contributed by atoms with E-state index in [9.17, 15) is 19.5 Å². The molecule has 1 aromatic carbocycles. The van der Waals surface area contributed by atoms with Crippen LogP contribution in [0.25, 0.3) is 11.1 Å². The van der Waals surface area contributed by atoms with Crippen LogP contribution in [0.15, 0.2) is 29.6 Å². The fourth-order valence-corrected chi connectivity index (χ4v) is 4.78.